The Labute approximate surface area is 173 Å². The molecule has 4 rings (SSSR count). The molecule has 2 aromatic carbocycles. The van der Waals surface area contributed by atoms with E-state index < -0.39 is 11.7 Å². The summed E-state index contributed by atoms with van der Waals surface area (Å²) in [6.45, 7) is 2.98. The van der Waals surface area contributed by atoms with Crippen LogP contribution in [-0.2, 0) is 10.5 Å². The Morgan fingerprint density at radius 2 is 1.56 bits per heavy atom. The molecule has 8 heteroatoms. The van der Waals surface area contributed by atoms with Crippen LogP contribution in [0, 0.1) is 0 Å². The van der Waals surface area contributed by atoms with Gasteiger partial charge in [0, 0.05) is 45.9 Å². The number of carboxylic acids is 1. The van der Waals surface area contributed by atoms with Gasteiger partial charge in [-0.15, -0.1) is 0 Å². The number of fused-ring (bicyclic) bond motifs is 3. The van der Waals surface area contributed by atoms with Crippen molar-refractivity contribution in [3.63, 3.8) is 0 Å². The lowest BCUT2D eigenvalue weighted by Crippen LogP contribution is -2.55. The number of nitrogens with one attached hydrogen (secondary N) is 1. The number of rotatable bonds is 4. The summed E-state index contributed by atoms with van der Waals surface area (Å²) >= 11 is 6.98. The van der Waals surface area contributed by atoms with E-state index in [0.717, 1.165) is 32.8 Å². The minimum Gasteiger partial charge on any atom is -0.478 e. The number of aromatic nitrogens is 1. The second-order valence-electron chi connectivity index (χ2n) is 6.81. The Hall–Kier alpha value is -1.45. The number of halogens is 2. The highest BCUT2D eigenvalue weighted by atomic mass is 79.9. The van der Waals surface area contributed by atoms with Gasteiger partial charge in [-0.05, 0) is 36.4 Å². The van der Waals surface area contributed by atoms with Crippen LogP contribution >= 0.6 is 31.9 Å². The first kappa shape index (κ1) is 18.9. The maximum Gasteiger partial charge on any atom is 0.359 e. The van der Waals surface area contributed by atoms with E-state index in [1.165, 1.54) is 0 Å². The van der Waals surface area contributed by atoms with Crippen molar-refractivity contribution >= 4 is 59.6 Å². The average Bonchev–Trinajstić information content (AvgIpc) is 2.96. The zero-order valence-electron chi connectivity index (χ0n) is 14.5. The standard InChI is InChI=1S/C19H19Br2N3O3/c20-12-1-3-16-14(9-12)15-10-13(21)2-4-17(15)24(16)19(27,18(25)26)11-23-7-5-22-6-8-23/h1-4,9-10,22,27H,5-8,11H2,(H,25,26). The summed E-state index contributed by atoms with van der Waals surface area (Å²) in [7, 11) is 0. The quantitative estimate of drug-likeness (QED) is 0.517. The lowest BCUT2D eigenvalue weighted by atomic mass is 10.1. The molecule has 0 saturated carbocycles. The normalized spacial score (nSPS) is 18.0. The lowest BCUT2D eigenvalue weighted by molar-refractivity contribution is -0.172. The first-order valence-corrected chi connectivity index (χ1v) is 10.3. The van der Waals surface area contributed by atoms with Crippen LogP contribution in [0.1, 0.15) is 0 Å². The number of aliphatic hydroxyl groups is 1. The largest absolute Gasteiger partial charge is 0.478 e. The van der Waals surface area contributed by atoms with Crippen molar-refractivity contribution in [3.05, 3.63) is 45.3 Å². The first-order chi connectivity index (χ1) is 12.9. The molecule has 0 spiro atoms. The number of piperazine rings is 1. The Morgan fingerprint density at radius 3 is 2.04 bits per heavy atom. The minimum absolute atomic E-state index is 0.0228. The number of benzene rings is 2. The third-order valence-electron chi connectivity index (χ3n) is 5.06. The van der Waals surface area contributed by atoms with E-state index in [2.05, 4.69) is 37.2 Å². The number of nitrogens with zero attached hydrogens (tertiary/aromatic N) is 2. The third-order valence-corrected chi connectivity index (χ3v) is 6.04. The van der Waals surface area contributed by atoms with Gasteiger partial charge in [-0.1, -0.05) is 31.9 Å². The van der Waals surface area contributed by atoms with Gasteiger partial charge in [-0.25, -0.2) is 4.79 Å². The summed E-state index contributed by atoms with van der Waals surface area (Å²) < 4.78 is 3.35. The summed E-state index contributed by atoms with van der Waals surface area (Å²) in [6.07, 6.45) is 0. The monoisotopic (exact) mass is 495 g/mol. The highest BCUT2D eigenvalue weighted by molar-refractivity contribution is 9.10. The van der Waals surface area contributed by atoms with Crippen LogP contribution in [0.3, 0.4) is 0 Å². The van der Waals surface area contributed by atoms with Crippen molar-refractivity contribution < 1.29 is 15.0 Å². The van der Waals surface area contributed by atoms with Crippen LogP contribution in [0.2, 0.25) is 0 Å². The van der Waals surface area contributed by atoms with Gasteiger partial charge in [0.15, 0.2) is 0 Å². The highest BCUT2D eigenvalue weighted by Crippen LogP contribution is 2.36. The van der Waals surface area contributed by atoms with E-state index in [1.807, 2.05) is 41.3 Å². The van der Waals surface area contributed by atoms with Gasteiger partial charge in [-0.2, -0.15) is 0 Å². The molecule has 1 aliphatic heterocycles. The molecule has 0 bridgehead atoms. The maximum atomic E-state index is 12.3. The molecule has 6 nitrogen and oxygen atoms in total. The molecule has 1 saturated heterocycles. The van der Waals surface area contributed by atoms with E-state index in [9.17, 15) is 15.0 Å². The molecule has 142 valence electrons. The first-order valence-electron chi connectivity index (χ1n) is 8.69. The van der Waals surface area contributed by atoms with Crippen LogP contribution in [0.4, 0.5) is 0 Å². The molecule has 27 heavy (non-hydrogen) atoms. The van der Waals surface area contributed by atoms with Crippen molar-refractivity contribution in [2.45, 2.75) is 5.72 Å². The fourth-order valence-corrected chi connectivity index (χ4v) is 4.50. The molecule has 0 radical (unpaired) electrons. The Morgan fingerprint density at radius 1 is 1.04 bits per heavy atom. The second kappa shape index (κ2) is 7.18. The van der Waals surface area contributed by atoms with Crippen molar-refractivity contribution in [3.8, 4) is 0 Å². The molecule has 2 heterocycles. The molecule has 1 aromatic heterocycles. The molecule has 3 N–H and O–H groups in total. The second-order valence-corrected chi connectivity index (χ2v) is 8.64. The minimum atomic E-state index is -2.07. The Bertz CT molecular complexity index is 971. The summed E-state index contributed by atoms with van der Waals surface area (Å²) in [5.41, 5.74) is -0.698. The third kappa shape index (κ3) is 3.30. The molecule has 1 unspecified atom stereocenters. The van der Waals surface area contributed by atoms with E-state index in [1.54, 1.807) is 4.57 Å². The molecular weight excluding hydrogens is 478 g/mol. The average molecular weight is 497 g/mol. The van der Waals surface area contributed by atoms with Gasteiger partial charge in [0.2, 0.25) is 0 Å². The molecule has 1 aliphatic rings. The summed E-state index contributed by atoms with van der Waals surface area (Å²) in [4.78, 5) is 14.3. The molecule has 1 fully saturated rings. The highest BCUT2D eigenvalue weighted by Gasteiger charge is 2.42. The zero-order valence-corrected chi connectivity index (χ0v) is 17.6. The fraction of sp³-hybridized carbons (Fsp3) is 0.316. The predicted octanol–water partition coefficient (Wildman–Crippen LogP) is 2.95. The molecule has 1 atom stereocenters. The Balaban J connectivity index is 1.97. The van der Waals surface area contributed by atoms with Gasteiger partial charge in [0.1, 0.15) is 0 Å². The summed E-state index contributed by atoms with van der Waals surface area (Å²) in [5, 5.41) is 26.5. The van der Waals surface area contributed by atoms with Crippen molar-refractivity contribution in [2.75, 3.05) is 32.7 Å². The summed E-state index contributed by atoms with van der Waals surface area (Å²) in [5.74, 6) is -1.26. The van der Waals surface area contributed by atoms with Gasteiger partial charge >= 0.3 is 5.97 Å². The number of hydrogen-bond donors (Lipinski definition) is 3. The van der Waals surface area contributed by atoms with E-state index >= 15 is 0 Å². The molecular formula is C19H19Br2N3O3. The SMILES string of the molecule is O=C(O)C(O)(CN1CCNCC1)n1c2ccc(Br)cc2c2cc(Br)ccc21. The topological polar surface area (TPSA) is 77.7 Å². The number of carbonyl (C=O) groups is 1. The van der Waals surface area contributed by atoms with Crippen LogP contribution in [0.25, 0.3) is 21.8 Å². The number of aliphatic carboxylic acids is 1. The van der Waals surface area contributed by atoms with Crippen molar-refractivity contribution in [1.82, 2.24) is 14.8 Å². The van der Waals surface area contributed by atoms with Crippen molar-refractivity contribution in [1.29, 1.82) is 0 Å². The van der Waals surface area contributed by atoms with Gasteiger partial charge < -0.3 is 20.1 Å². The molecule has 0 amide bonds. The number of β-amino-alcohol motifs (C(OH)–C–C–N with tert-alkyl or cyclic N) is 1. The van der Waals surface area contributed by atoms with Crippen molar-refractivity contribution in [2.24, 2.45) is 0 Å². The van der Waals surface area contributed by atoms with Crippen LogP contribution < -0.4 is 5.32 Å². The van der Waals surface area contributed by atoms with E-state index in [-0.39, 0.29) is 6.54 Å². The van der Waals surface area contributed by atoms with Crippen LogP contribution in [0.15, 0.2) is 45.3 Å². The van der Waals surface area contributed by atoms with Crippen LogP contribution in [0.5, 0.6) is 0 Å². The molecule has 3 aromatic rings. The molecule has 0 aliphatic carbocycles. The number of hydrogen-bond acceptors (Lipinski definition) is 4. The number of carboxylic acid groups (broad SMARTS) is 1. The smallest absolute Gasteiger partial charge is 0.359 e. The predicted molar refractivity (Wildman–Crippen MR) is 112 cm³/mol. The fourth-order valence-electron chi connectivity index (χ4n) is 3.78. The Kier molecular flexibility index (Phi) is 5.02. The van der Waals surface area contributed by atoms with Gasteiger partial charge in [-0.3, -0.25) is 4.90 Å². The van der Waals surface area contributed by atoms with E-state index in [0.29, 0.717) is 24.1 Å². The van der Waals surface area contributed by atoms with Gasteiger partial charge in [0.25, 0.3) is 5.72 Å². The lowest BCUT2D eigenvalue weighted by Gasteiger charge is -2.35. The van der Waals surface area contributed by atoms with Gasteiger partial charge in [0.05, 0.1) is 17.6 Å². The van der Waals surface area contributed by atoms with E-state index in [4.69, 9.17) is 0 Å². The maximum absolute atomic E-state index is 12.3. The van der Waals surface area contributed by atoms with Crippen LogP contribution in [-0.4, -0.2) is 58.4 Å². The zero-order chi connectivity index (χ0) is 19.2. The summed E-state index contributed by atoms with van der Waals surface area (Å²) in [6, 6.07) is 11.3.